The number of benzene rings is 1. The number of rotatable bonds is 6. The third-order valence-corrected chi connectivity index (χ3v) is 6.12. The topological polar surface area (TPSA) is 64.1 Å². The van der Waals surface area contributed by atoms with Crippen molar-refractivity contribution in [1.29, 1.82) is 0 Å². The number of hydrogen-bond donors (Lipinski definition) is 1. The van der Waals surface area contributed by atoms with Crippen molar-refractivity contribution in [2.24, 2.45) is 5.92 Å². The van der Waals surface area contributed by atoms with Crippen LogP contribution in [0.15, 0.2) is 18.2 Å². The molecule has 0 radical (unpaired) electrons. The highest BCUT2D eigenvalue weighted by atomic mass is 35.5. The Kier molecular flexibility index (Phi) is 6.20. The molecule has 28 heavy (non-hydrogen) atoms. The number of carbonyl (C=O) groups excluding carboxylic acids is 2. The highest BCUT2D eigenvalue weighted by Crippen LogP contribution is 2.38. The maximum absolute atomic E-state index is 13.1. The molecule has 1 aromatic rings. The molecule has 7 heteroatoms. The number of nitrogens with zero attached hydrogens (tertiary/aromatic N) is 3. The van der Waals surface area contributed by atoms with Gasteiger partial charge < -0.3 is 10.0 Å². The van der Waals surface area contributed by atoms with Gasteiger partial charge in [0.25, 0.3) is 5.91 Å². The Labute approximate surface area is 172 Å². The average molecular weight is 408 g/mol. The van der Waals surface area contributed by atoms with E-state index in [4.69, 9.17) is 11.6 Å². The van der Waals surface area contributed by atoms with Crippen LogP contribution in [0.3, 0.4) is 0 Å². The lowest BCUT2D eigenvalue weighted by molar-refractivity contribution is -0.135. The number of phenolic OH excluding ortho intramolecular Hbond substituents is 1. The van der Waals surface area contributed by atoms with Gasteiger partial charge in [0.15, 0.2) is 0 Å². The number of aromatic hydroxyl groups is 1. The second-order valence-electron chi connectivity index (χ2n) is 8.29. The van der Waals surface area contributed by atoms with Crippen molar-refractivity contribution in [3.8, 4) is 5.75 Å². The quantitative estimate of drug-likeness (QED) is 0.730. The van der Waals surface area contributed by atoms with Gasteiger partial charge in [0.05, 0.1) is 0 Å². The number of piperidine rings is 1. The number of urea groups is 1. The predicted octanol–water partition coefficient (Wildman–Crippen LogP) is 3.71. The van der Waals surface area contributed by atoms with E-state index in [1.54, 1.807) is 6.07 Å². The van der Waals surface area contributed by atoms with Gasteiger partial charge in [-0.25, -0.2) is 4.79 Å². The smallest absolute Gasteiger partial charge is 0.327 e. The molecule has 0 aromatic heterocycles. The molecule has 2 heterocycles. The summed E-state index contributed by atoms with van der Waals surface area (Å²) in [5.74, 6) is 0.598. The monoisotopic (exact) mass is 407 g/mol. The number of likely N-dealkylation sites (N-methyl/N-ethyl adjacent to an activating group) is 1. The molecule has 0 aliphatic carbocycles. The number of amides is 3. The van der Waals surface area contributed by atoms with Gasteiger partial charge in [-0.05, 0) is 55.9 Å². The molecule has 154 valence electrons. The molecule has 2 aliphatic heterocycles. The van der Waals surface area contributed by atoms with Gasteiger partial charge in [-0.15, -0.1) is 0 Å². The van der Waals surface area contributed by atoms with E-state index in [1.807, 2.05) is 17.9 Å². The van der Waals surface area contributed by atoms with Crippen LogP contribution in [0, 0.1) is 5.92 Å². The third kappa shape index (κ3) is 3.98. The lowest BCUT2D eigenvalue weighted by atomic mass is 9.85. The SMILES string of the molecule is CCN1C(=O)N(CCC(C)C)C2(CCN(Cc3cc(O)cc(Cl)c3)CC2)C1=O. The zero-order valence-electron chi connectivity index (χ0n) is 16.9. The number of carbonyl (C=O) groups is 2. The van der Waals surface area contributed by atoms with E-state index in [2.05, 4.69) is 18.7 Å². The fourth-order valence-electron chi connectivity index (χ4n) is 4.31. The minimum Gasteiger partial charge on any atom is -0.508 e. The average Bonchev–Trinajstić information content (AvgIpc) is 2.81. The Morgan fingerprint density at radius 3 is 2.43 bits per heavy atom. The summed E-state index contributed by atoms with van der Waals surface area (Å²) in [5, 5.41) is 10.3. The zero-order valence-corrected chi connectivity index (χ0v) is 17.7. The van der Waals surface area contributed by atoms with Gasteiger partial charge in [0, 0.05) is 37.7 Å². The van der Waals surface area contributed by atoms with Crippen LogP contribution < -0.4 is 0 Å². The Hall–Kier alpha value is -1.79. The molecule has 0 bridgehead atoms. The highest BCUT2D eigenvalue weighted by Gasteiger charge is 2.57. The van der Waals surface area contributed by atoms with E-state index in [-0.39, 0.29) is 17.7 Å². The first-order valence-corrected chi connectivity index (χ1v) is 10.5. The van der Waals surface area contributed by atoms with Crippen molar-refractivity contribution in [3.05, 3.63) is 28.8 Å². The number of phenols is 1. The first-order chi connectivity index (χ1) is 13.3. The Morgan fingerprint density at radius 2 is 1.86 bits per heavy atom. The van der Waals surface area contributed by atoms with E-state index in [0.717, 1.165) is 25.1 Å². The van der Waals surface area contributed by atoms with Crippen LogP contribution in [-0.2, 0) is 11.3 Å². The van der Waals surface area contributed by atoms with E-state index in [0.29, 0.717) is 43.4 Å². The summed E-state index contributed by atoms with van der Waals surface area (Å²) in [6.45, 7) is 9.28. The van der Waals surface area contributed by atoms with Gasteiger partial charge in [-0.1, -0.05) is 25.4 Å². The van der Waals surface area contributed by atoms with Crippen molar-refractivity contribution in [1.82, 2.24) is 14.7 Å². The lowest BCUT2D eigenvalue weighted by Gasteiger charge is -2.42. The number of halogens is 1. The van der Waals surface area contributed by atoms with Gasteiger partial charge >= 0.3 is 6.03 Å². The summed E-state index contributed by atoms with van der Waals surface area (Å²) >= 11 is 6.04. The van der Waals surface area contributed by atoms with Crippen molar-refractivity contribution in [3.63, 3.8) is 0 Å². The molecule has 0 atom stereocenters. The summed E-state index contributed by atoms with van der Waals surface area (Å²) in [4.78, 5) is 31.5. The molecule has 0 saturated carbocycles. The molecule has 3 rings (SSSR count). The first-order valence-electron chi connectivity index (χ1n) is 10.1. The molecule has 2 saturated heterocycles. The molecule has 2 fully saturated rings. The standard InChI is InChI=1S/C21H30ClN3O3/c1-4-24-19(27)21(25(20(24)28)8-5-15(2)3)6-9-23(10-7-21)14-16-11-17(22)13-18(26)12-16/h11-13,15,26H,4-10,14H2,1-3H3. The number of hydrogen-bond acceptors (Lipinski definition) is 4. The second kappa shape index (κ2) is 8.29. The van der Waals surface area contributed by atoms with Gasteiger partial charge in [-0.2, -0.15) is 0 Å². The van der Waals surface area contributed by atoms with E-state index < -0.39 is 5.54 Å². The maximum atomic E-state index is 13.1. The lowest BCUT2D eigenvalue weighted by Crippen LogP contribution is -2.56. The second-order valence-corrected chi connectivity index (χ2v) is 8.73. The third-order valence-electron chi connectivity index (χ3n) is 5.90. The normalized spacial score (nSPS) is 20.0. The Morgan fingerprint density at radius 1 is 1.18 bits per heavy atom. The molecule has 1 aromatic carbocycles. The van der Waals surface area contributed by atoms with Gasteiger partial charge in [0.1, 0.15) is 11.3 Å². The minimum absolute atomic E-state index is 0.0381. The first kappa shape index (κ1) is 20.9. The van der Waals surface area contributed by atoms with Crippen LogP contribution in [0.1, 0.15) is 45.6 Å². The fraction of sp³-hybridized carbons (Fsp3) is 0.619. The summed E-state index contributed by atoms with van der Waals surface area (Å²) in [6.07, 6.45) is 2.17. The van der Waals surface area contributed by atoms with Crippen LogP contribution in [0.5, 0.6) is 5.75 Å². The van der Waals surface area contributed by atoms with Crippen LogP contribution >= 0.6 is 11.6 Å². The summed E-state index contributed by atoms with van der Waals surface area (Å²) in [5.41, 5.74) is 0.246. The molecule has 1 N–H and O–H groups in total. The largest absolute Gasteiger partial charge is 0.508 e. The van der Waals surface area contributed by atoms with Crippen molar-refractivity contribution in [2.75, 3.05) is 26.2 Å². The van der Waals surface area contributed by atoms with E-state index >= 15 is 0 Å². The maximum Gasteiger partial charge on any atom is 0.327 e. The zero-order chi connectivity index (χ0) is 20.5. The highest BCUT2D eigenvalue weighted by molar-refractivity contribution is 6.30. The number of likely N-dealkylation sites (tertiary alicyclic amines) is 1. The van der Waals surface area contributed by atoms with E-state index in [1.165, 1.54) is 11.0 Å². The summed E-state index contributed by atoms with van der Waals surface area (Å²) in [6, 6.07) is 4.95. The van der Waals surface area contributed by atoms with Crippen molar-refractivity contribution >= 4 is 23.5 Å². The molecular weight excluding hydrogens is 378 g/mol. The number of imide groups is 1. The summed E-state index contributed by atoms with van der Waals surface area (Å²) in [7, 11) is 0. The molecule has 3 amide bonds. The Bertz CT molecular complexity index is 724. The van der Waals surface area contributed by atoms with Gasteiger partial charge in [0.2, 0.25) is 0 Å². The summed E-state index contributed by atoms with van der Waals surface area (Å²) < 4.78 is 0. The van der Waals surface area contributed by atoms with Crippen LogP contribution in [0.2, 0.25) is 5.02 Å². The van der Waals surface area contributed by atoms with Crippen LogP contribution in [-0.4, -0.2) is 63.5 Å². The molecule has 1 spiro atoms. The van der Waals surface area contributed by atoms with Crippen molar-refractivity contribution in [2.45, 2.75) is 52.1 Å². The minimum atomic E-state index is -0.699. The molecule has 0 unspecified atom stereocenters. The van der Waals surface area contributed by atoms with Crippen LogP contribution in [0.25, 0.3) is 0 Å². The van der Waals surface area contributed by atoms with Crippen molar-refractivity contribution < 1.29 is 14.7 Å². The van der Waals surface area contributed by atoms with E-state index in [9.17, 15) is 14.7 Å². The predicted molar refractivity (Wildman–Crippen MR) is 109 cm³/mol. The molecule has 6 nitrogen and oxygen atoms in total. The molecule has 2 aliphatic rings. The van der Waals surface area contributed by atoms with Crippen LogP contribution in [0.4, 0.5) is 4.79 Å². The Balaban J connectivity index is 1.73. The molecular formula is C21H30ClN3O3. The van der Waals surface area contributed by atoms with Gasteiger partial charge in [-0.3, -0.25) is 14.6 Å². The fourth-order valence-corrected chi connectivity index (χ4v) is 4.56.